The number of amides is 2. The minimum atomic E-state index is -3.10. The van der Waals surface area contributed by atoms with Crippen LogP contribution in [-0.2, 0) is 19.4 Å². The zero-order valence-corrected chi connectivity index (χ0v) is 23.2. The highest BCUT2D eigenvalue weighted by Crippen LogP contribution is 2.39. The van der Waals surface area contributed by atoms with Crippen LogP contribution in [-0.4, -0.2) is 72.3 Å². The number of likely N-dealkylation sites (tertiary alicyclic amines) is 1. The molecule has 2 aromatic heterocycles. The Morgan fingerprint density at radius 1 is 1.11 bits per heavy atom. The molecule has 0 bridgehead atoms. The number of pyridine rings is 1. The number of benzene rings is 1. The number of rotatable bonds is 7. The van der Waals surface area contributed by atoms with Crippen molar-refractivity contribution in [2.24, 2.45) is 5.92 Å². The quantitative estimate of drug-likeness (QED) is 0.460. The largest absolute Gasteiger partial charge is 0.343 e. The Morgan fingerprint density at radius 2 is 1.84 bits per heavy atom. The van der Waals surface area contributed by atoms with E-state index in [2.05, 4.69) is 15.6 Å². The summed E-state index contributed by atoms with van der Waals surface area (Å²) < 4.78 is 25.2. The van der Waals surface area contributed by atoms with E-state index in [0.717, 1.165) is 39.3 Å². The maximum Gasteiger partial charge on any atom is 0.246 e. The molecule has 0 radical (unpaired) electrons. The van der Waals surface area contributed by atoms with Crippen molar-refractivity contribution < 1.29 is 18.0 Å². The smallest absolute Gasteiger partial charge is 0.246 e. The molecule has 11 heteroatoms. The molecule has 3 atom stereocenters. The van der Waals surface area contributed by atoms with Gasteiger partial charge in [-0.3, -0.25) is 14.6 Å². The molecule has 0 spiro atoms. The lowest BCUT2D eigenvalue weighted by atomic mass is 9.92. The summed E-state index contributed by atoms with van der Waals surface area (Å²) in [5, 5.41) is 6.73. The number of hydrogen-bond acceptors (Lipinski definition) is 8. The topological polar surface area (TPSA) is 121 Å². The molecule has 2 saturated heterocycles. The van der Waals surface area contributed by atoms with Gasteiger partial charge in [-0.1, -0.05) is 30.3 Å². The fourth-order valence-corrected chi connectivity index (χ4v) is 7.96. The first kappa shape index (κ1) is 26.7. The first-order valence-corrected chi connectivity index (χ1v) is 15.7. The summed E-state index contributed by atoms with van der Waals surface area (Å²) in [6.45, 7) is 2.31. The lowest BCUT2D eigenvalue weighted by Crippen LogP contribution is -2.56. The minimum Gasteiger partial charge on any atom is -0.343 e. The van der Waals surface area contributed by atoms with Gasteiger partial charge in [-0.25, -0.2) is 13.4 Å². The van der Waals surface area contributed by atoms with Gasteiger partial charge in [0.1, 0.15) is 26.4 Å². The van der Waals surface area contributed by atoms with Gasteiger partial charge in [-0.15, -0.1) is 11.3 Å². The molecule has 2 aliphatic heterocycles. The minimum absolute atomic E-state index is 0.0372. The van der Waals surface area contributed by atoms with Gasteiger partial charge >= 0.3 is 0 Å². The number of hydrogen-bond donors (Lipinski definition) is 2. The van der Waals surface area contributed by atoms with Crippen molar-refractivity contribution in [3.8, 4) is 11.3 Å². The van der Waals surface area contributed by atoms with Crippen LogP contribution in [0.2, 0.25) is 0 Å². The van der Waals surface area contributed by atoms with Crippen LogP contribution in [0.25, 0.3) is 21.5 Å². The second-order valence-electron chi connectivity index (χ2n) is 10.1. The number of nitrogens with one attached hydrogen (secondary N) is 2. The predicted molar refractivity (Wildman–Crippen MR) is 148 cm³/mol. The van der Waals surface area contributed by atoms with Crippen LogP contribution >= 0.6 is 11.3 Å². The molecule has 0 saturated carbocycles. The van der Waals surface area contributed by atoms with Gasteiger partial charge in [0.2, 0.25) is 11.8 Å². The first-order valence-electron chi connectivity index (χ1n) is 13.1. The van der Waals surface area contributed by atoms with Crippen LogP contribution in [0.3, 0.4) is 0 Å². The lowest BCUT2D eigenvalue weighted by molar-refractivity contribution is -0.139. The van der Waals surface area contributed by atoms with E-state index >= 15 is 0 Å². The molecule has 2 aliphatic rings. The molecule has 2 amide bonds. The van der Waals surface area contributed by atoms with Gasteiger partial charge < -0.3 is 15.5 Å². The number of thiazole rings is 1. The van der Waals surface area contributed by atoms with Gasteiger partial charge in [0.15, 0.2) is 0 Å². The third kappa shape index (κ3) is 5.45. The van der Waals surface area contributed by atoms with Crippen LogP contribution < -0.4 is 10.6 Å². The summed E-state index contributed by atoms with van der Waals surface area (Å²) in [6.07, 6.45) is 4.13. The Labute approximate surface area is 227 Å². The Hall–Kier alpha value is -2.89. The average Bonchev–Trinajstić information content (AvgIpc) is 3.58. The molecule has 0 unspecified atom stereocenters. The molecule has 3 aromatic rings. The zero-order chi connectivity index (χ0) is 26.9. The summed E-state index contributed by atoms with van der Waals surface area (Å²) in [4.78, 5) is 38.3. The molecule has 9 nitrogen and oxygen atoms in total. The van der Waals surface area contributed by atoms with Gasteiger partial charge in [-0.2, -0.15) is 0 Å². The van der Waals surface area contributed by atoms with Crippen molar-refractivity contribution in [2.75, 3.05) is 25.1 Å². The third-order valence-corrected chi connectivity index (χ3v) is 10.5. The van der Waals surface area contributed by atoms with Crippen LogP contribution in [0.1, 0.15) is 43.7 Å². The zero-order valence-electron chi connectivity index (χ0n) is 21.6. The maximum absolute atomic E-state index is 14.0. The Kier molecular flexibility index (Phi) is 7.78. The van der Waals surface area contributed by atoms with E-state index in [-0.39, 0.29) is 35.3 Å². The van der Waals surface area contributed by atoms with Crippen LogP contribution in [0.5, 0.6) is 0 Å². The highest BCUT2D eigenvalue weighted by Gasteiger charge is 2.41. The van der Waals surface area contributed by atoms with E-state index in [1.807, 2.05) is 41.3 Å². The Bertz CT molecular complexity index is 1410. The molecule has 38 heavy (non-hydrogen) atoms. The van der Waals surface area contributed by atoms with E-state index in [1.165, 1.54) is 0 Å². The Morgan fingerprint density at radius 3 is 2.55 bits per heavy atom. The van der Waals surface area contributed by atoms with E-state index in [1.54, 1.807) is 31.5 Å². The summed E-state index contributed by atoms with van der Waals surface area (Å²) >= 11 is 1.57. The van der Waals surface area contributed by atoms with Crippen molar-refractivity contribution in [3.63, 3.8) is 0 Å². The van der Waals surface area contributed by atoms with Gasteiger partial charge in [0.25, 0.3) is 0 Å². The number of sulfone groups is 1. The SMILES string of the molecule is CN[C@@H](C)C(=O)N[C@H](C(=O)N1CCC[C@H]1c1nc2c(-c3ccccc3)nccc2s1)C1CCS(=O)(=O)CC1. The fraction of sp³-hybridized carbons (Fsp3) is 0.481. The molecule has 5 rings (SSSR count). The number of carbonyl (C=O) groups excluding carboxylic acids is 2. The van der Waals surface area contributed by atoms with Crippen molar-refractivity contribution in [3.05, 3.63) is 47.6 Å². The van der Waals surface area contributed by atoms with E-state index in [4.69, 9.17) is 4.98 Å². The first-order chi connectivity index (χ1) is 18.3. The van der Waals surface area contributed by atoms with E-state index in [9.17, 15) is 18.0 Å². The average molecular weight is 556 g/mol. The summed E-state index contributed by atoms with van der Waals surface area (Å²) in [5.74, 6) is -0.586. The molecule has 202 valence electrons. The standard InChI is InChI=1S/C27H33N5O4S2/c1-17(28-2)25(33)30-23(19-11-15-38(35,36)16-12-19)27(34)32-14-6-9-20(32)26-31-24-21(37-26)10-13-29-22(24)18-7-4-3-5-8-18/h3-5,7-8,10,13,17,19-20,23,28H,6,9,11-12,14-16H2,1-2H3,(H,30,33)/t17-,20-,23-/m0/s1. The molecular weight excluding hydrogens is 522 g/mol. The van der Waals surface area contributed by atoms with Gasteiger partial charge in [-0.05, 0) is 51.6 Å². The predicted octanol–water partition coefficient (Wildman–Crippen LogP) is 2.94. The normalized spacial score (nSPS) is 21.3. The molecule has 0 aliphatic carbocycles. The summed E-state index contributed by atoms with van der Waals surface area (Å²) in [5.41, 5.74) is 2.63. The van der Waals surface area contributed by atoms with Crippen LogP contribution in [0.4, 0.5) is 0 Å². The number of nitrogens with zero attached hydrogens (tertiary/aromatic N) is 3. The van der Waals surface area contributed by atoms with E-state index in [0.29, 0.717) is 19.4 Å². The van der Waals surface area contributed by atoms with Gasteiger partial charge in [0, 0.05) is 18.3 Å². The summed E-state index contributed by atoms with van der Waals surface area (Å²) in [6, 6.07) is 10.4. The maximum atomic E-state index is 14.0. The molecule has 4 heterocycles. The van der Waals surface area contributed by atoms with Crippen LogP contribution in [0.15, 0.2) is 42.6 Å². The highest BCUT2D eigenvalue weighted by atomic mass is 32.2. The Balaban J connectivity index is 1.44. The lowest BCUT2D eigenvalue weighted by Gasteiger charge is -2.35. The number of aromatic nitrogens is 2. The van der Waals surface area contributed by atoms with Crippen molar-refractivity contribution in [2.45, 2.75) is 50.7 Å². The van der Waals surface area contributed by atoms with Crippen molar-refractivity contribution in [1.82, 2.24) is 25.5 Å². The van der Waals surface area contributed by atoms with E-state index < -0.39 is 21.9 Å². The molecule has 1 aromatic carbocycles. The molecule has 2 fully saturated rings. The molecular formula is C27H33N5O4S2. The van der Waals surface area contributed by atoms with Crippen molar-refractivity contribution in [1.29, 1.82) is 0 Å². The number of fused-ring (bicyclic) bond motifs is 1. The summed E-state index contributed by atoms with van der Waals surface area (Å²) in [7, 11) is -1.41. The second kappa shape index (κ2) is 11.1. The van der Waals surface area contributed by atoms with Crippen molar-refractivity contribution >= 4 is 43.2 Å². The fourth-order valence-electron chi connectivity index (χ4n) is 5.32. The monoisotopic (exact) mass is 555 g/mol. The molecule has 2 N–H and O–H groups in total. The highest BCUT2D eigenvalue weighted by molar-refractivity contribution is 7.91. The third-order valence-electron chi connectivity index (χ3n) is 7.65. The number of carbonyl (C=O) groups is 2. The number of likely N-dealkylation sites (N-methyl/N-ethyl adjacent to an activating group) is 1. The van der Waals surface area contributed by atoms with Crippen LogP contribution in [0, 0.1) is 5.92 Å². The second-order valence-corrected chi connectivity index (χ2v) is 13.5. The van der Waals surface area contributed by atoms with Gasteiger partial charge in [0.05, 0.1) is 34.0 Å².